The molecule has 9 heteroatoms. The number of fused-ring (bicyclic) bond motifs is 1. The molecule has 0 aliphatic carbocycles. The van der Waals surface area contributed by atoms with Gasteiger partial charge in [0.05, 0.1) is 24.0 Å². The molecular weight excluding hydrogens is 424 g/mol. The van der Waals surface area contributed by atoms with E-state index in [1.165, 1.54) is 29.4 Å². The Bertz CT molecular complexity index is 1080. The number of aromatic nitrogens is 2. The summed E-state index contributed by atoms with van der Waals surface area (Å²) in [6.07, 6.45) is 2.19. The molecule has 30 heavy (non-hydrogen) atoms. The van der Waals surface area contributed by atoms with E-state index < -0.39 is 5.97 Å². The first-order chi connectivity index (χ1) is 14.5. The maximum absolute atomic E-state index is 13.2. The Hall–Kier alpha value is -2.10. The van der Waals surface area contributed by atoms with Gasteiger partial charge in [-0.25, -0.2) is 9.78 Å². The van der Waals surface area contributed by atoms with Crippen LogP contribution in [-0.2, 0) is 21.8 Å². The zero-order chi connectivity index (χ0) is 21.7. The van der Waals surface area contributed by atoms with Gasteiger partial charge in [-0.15, -0.1) is 11.3 Å². The third-order valence-electron chi connectivity index (χ3n) is 4.70. The summed E-state index contributed by atoms with van der Waals surface area (Å²) in [7, 11) is 0. The Morgan fingerprint density at radius 1 is 1.30 bits per heavy atom. The number of furan rings is 1. The van der Waals surface area contributed by atoms with Gasteiger partial charge in [-0.1, -0.05) is 11.8 Å². The van der Waals surface area contributed by atoms with Crippen molar-refractivity contribution in [3.63, 3.8) is 0 Å². The largest absolute Gasteiger partial charge is 0.468 e. The number of hydrogen-bond acceptors (Lipinski definition) is 8. The van der Waals surface area contributed by atoms with Gasteiger partial charge in [0.1, 0.15) is 16.2 Å². The highest BCUT2D eigenvalue weighted by Gasteiger charge is 2.20. The average Bonchev–Trinajstić information content (AvgIpc) is 3.30. The van der Waals surface area contributed by atoms with Gasteiger partial charge in [0, 0.05) is 24.6 Å². The number of ether oxygens (including phenoxy) is 2. The molecule has 0 saturated carbocycles. The first-order valence-electron chi connectivity index (χ1n) is 9.92. The Labute approximate surface area is 183 Å². The minimum absolute atomic E-state index is 0.0362. The number of rotatable bonds is 10. The molecule has 162 valence electrons. The number of esters is 1. The van der Waals surface area contributed by atoms with Crippen LogP contribution in [0.4, 0.5) is 0 Å². The molecule has 0 aromatic carbocycles. The summed E-state index contributed by atoms with van der Waals surface area (Å²) in [6, 6.07) is 1.60. The summed E-state index contributed by atoms with van der Waals surface area (Å²) >= 11 is 2.90. The van der Waals surface area contributed by atoms with Gasteiger partial charge in [0.25, 0.3) is 5.56 Å². The number of aryl methyl sites for hydroxylation is 2. The van der Waals surface area contributed by atoms with Crippen molar-refractivity contribution in [2.75, 3.05) is 19.8 Å². The van der Waals surface area contributed by atoms with E-state index in [-0.39, 0.29) is 5.56 Å². The van der Waals surface area contributed by atoms with Crippen LogP contribution in [0, 0.1) is 13.8 Å². The monoisotopic (exact) mass is 450 g/mol. The van der Waals surface area contributed by atoms with Crippen LogP contribution in [-0.4, -0.2) is 35.3 Å². The molecular formula is C21H26N2O5S2. The van der Waals surface area contributed by atoms with Crippen molar-refractivity contribution in [1.82, 2.24) is 9.55 Å². The van der Waals surface area contributed by atoms with Crippen molar-refractivity contribution in [3.8, 4) is 0 Å². The van der Waals surface area contributed by atoms with E-state index >= 15 is 0 Å². The zero-order valence-corrected chi connectivity index (χ0v) is 19.3. The van der Waals surface area contributed by atoms with Crippen molar-refractivity contribution in [3.05, 3.63) is 44.4 Å². The number of thiophene rings is 1. The van der Waals surface area contributed by atoms with Crippen LogP contribution in [0.1, 0.15) is 46.8 Å². The number of nitrogens with zero attached hydrogens (tertiary/aromatic N) is 2. The molecule has 3 rings (SSSR count). The lowest BCUT2D eigenvalue weighted by Crippen LogP contribution is -2.24. The number of carbonyl (C=O) groups is 1. The minimum Gasteiger partial charge on any atom is -0.468 e. The summed E-state index contributed by atoms with van der Waals surface area (Å²) in [5.74, 6) is 0.463. The molecule has 0 atom stereocenters. The van der Waals surface area contributed by atoms with Crippen LogP contribution in [0.2, 0.25) is 0 Å². The highest BCUT2D eigenvalue weighted by atomic mass is 32.2. The second-order valence-corrected chi connectivity index (χ2v) is 8.78. The van der Waals surface area contributed by atoms with E-state index in [0.29, 0.717) is 60.4 Å². The lowest BCUT2D eigenvalue weighted by molar-refractivity contribution is 0.0524. The normalized spacial score (nSPS) is 11.3. The summed E-state index contributed by atoms with van der Waals surface area (Å²) < 4.78 is 17.7. The van der Waals surface area contributed by atoms with Gasteiger partial charge in [-0.2, -0.15) is 0 Å². The topological polar surface area (TPSA) is 83.6 Å². The lowest BCUT2D eigenvalue weighted by Gasteiger charge is -2.12. The molecule has 0 radical (unpaired) electrons. The standard InChI is InChI=1S/C21H26N2O5S2/c1-5-26-10-7-9-23-19(24)17-13(3)14(4)30-18(17)22-21(23)29-12-16-15(8-11-28-16)20(25)27-6-2/h8,11H,5-7,9-10,12H2,1-4H3. The van der Waals surface area contributed by atoms with Crippen molar-refractivity contribution in [2.24, 2.45) is 0 Å². The van der Waals surface area contributed by atoms with Gasteiger partial charge < -0.3 is 13.9 Å². The maximum Gasteiger partial charge on any atom is 0.341 e. The van der Waals surface area contributed by atoms with Crippen LogP contribution in [0.25, 0.3) is 10.2 Å². The molecule has 7 nitrogen and oxygen atoms in total. The third-order valence-corrected chi connectivity index (χ3v) is 6.78. The van der Waals surface area contributed by atoms with Crippen molar-refractivity contribution in [2.45, 2.75) is 51.6 Å². The molecule has 0 spiro atoms. The molecule has 0 fully saturated rings. The molecule has 0 unspecified atom stereocenters. The van der Waals surface area contributed by atoms with Crippen LogP contribution in [0.15, 0.2) is 26.7 Å². The van der Waals surface area contributed by atoms with Gasteiger partial charge >= 0.3 is 5.97 Å². The van der Waals surface area contributed by atoms with Gasteiger partial charge in [0.2, 0.25) is 0 Å². The fraction of sp³-hybridized carbons (Fsp3) is 0.476. The number of carbonyl (C=O) groups excluding carboxylic acids is 1. The summed E-state index contributed by atoms with van der Waals surface area (Å²) in [5, 5.41) is 1.29. The Morgan fingerprint density at radius 3 is 2.83 bits per heavy atom. The Morgan fingerprint density at radius 2 is 2.10 bits per heavy atom. The van der Waals surface area contributed by atoms with E-state index in [9.17, 15) is 9.59 Å². The second kappa shape index (κ2) is 10.3. The molecule has 0 amide bonds. The molecule has 0 aliphatic heterocycles. The van der Waals surface area contributed by atoms with E-state index in [4.69, 9.17) is 18.9 Å². The van der Waals surface area contributed by atoms with E-state index in [1.54, 1.807) is 17.6 Å². The maximum atomic E-state index is 13.2. The van der Waals surface area contributed by atoms with E-state index in [0.717, 1.165) is 15.3 Å². The number of thioether (sulfide) groups is 1. The Balaban J connectivity index is 1.91. The van der Waals surface area contributed by atoms with Crippen LogP contribution >= 0.6 is 23.1 Å². The highest BCUT2D eigenvalue weighted by Crippen LogP contribution is 2.30. The fourth-order valence-electron chi connectivity index (χ4n) is 3.06. The predicted octanol–water partition coefficient (Wildman–Crippen LogP) is 4.56. The molecule has 3 aromatic rings. The van der Waals surface area contributed by atoms with Gasteiger partial charge in [-0.05, 0) is 45.7 Å². The lowest BCUT2D eigenvalue weighted by atomic mass is 10.2. The van der Waals surface area contributed by atoms with Crippen LogP contribution in [0.5, 0.6) is 0 Å². The molecule has 0 bridgehead atoms. The molecule has 0 N–H and O–H groups in total. The molecule has 0 aliphatic rings. The van der Waals surface area contributed by atoms with Crippen LogP contribution in [0.3, 0.4) is 0 Å². The van der Waals surface area contributed by atoms with Gasteiger partial charge in [-0.3, -0.25) is 9.36 Å². The molecule has 3 heterocycles. The summed E-state index contributed by atoms with van der Waals surface area (Å²) in [6.45, 7) is 9.71. The van der Waals surface area contributed by atoms with Gasteiger partial charge in [0.15, 0.2) is 5.16 Å². The van der Waals surface area contributed by atoms with Crippen molar-refractivity contribution < 1.29 is 18.7 Å². The summed E-state index contributed by atoms with van der Waals surface area (Å²) in [5.41, 5.74) is 1.35. The minimum atomic E-state index is -0.413. The predicted molar refractivity (Wildman–Crippen MR) is 119 cm³/mol. The van der Waals surface area contributed by atoms with E-state index in [1.807, 2.05) is 20.8 Å². The smallest absolute Gasteiger partial charge is 0.341 e. The highest BCUT2D eigenvalue weighted by molar-refractivity contribution is 7.98. The quantitative estimate of drug-likeness (QED) is 0.194. The zero-order valence-electron chi connectivity index (χ0n) is 17.6. The van der Waals surface area contributed by atoms with Crippen molar-refractivity contribution >= 4 is 39.3 Å². The number of hydrogen-bond donors (Lipinski definition) is 0. The van der Waals surface area contributed by atoms with Crippen LogP contribution < -0.4 is 5.56 Å². The SMILES string of the molecule is CCOCCCn1c(SCc2occc2C(=O)OCC)nc2sc(C)c(C)c2c1=O. The third kappa shape index (κ3) is 4.79. The fourth-order valence-corrected chi connectivity index (χ4v) is 5.11. The first-order valence-corrected chi connectivity index (χ1v) is 11.7. The van der Waals surface area contributed by atoms with Crippen molar-refractivity contribution in [1.29, 1.82) is 0 Å². The molecule has 0 saturated heterocycles. The van der Waals surface area contributed by atoms with E-state index in [2.05, 4.69) is 0 Å². The first kappa shape index (κ1) is 22.6. The average molecular weight is 451 g/mol. The molecule has 3 aromatic heterocycles. The summed E-state index contributed by atoms with van der Waals surface area (Å²) in [4.78, 5) is 32.0. The second-order valence-electron chi connectivity index (χ2n) is 6.63. The Kier molecular flexibility index (Phi) is 7.74.